The summed E-state index contributed by atoms with van der Waals surface area (Å²) in [6.45, 7) is 1.18. The number of rotatable bonds is 6. The minimum absolute atomic E-state index is 0.0509. The molecule has 29 heavy (non-hydrogen) atoms. The van der Waals surface area contributed by atoms with Crippen molar-refractivity contribution in [2.75, 3.05) is 46.5 Å². The van der Waals surface area contributed by atoms with Crippen molar-refractivity contribution in [3.63, 3.8) is 0 Å². The third-order valence-electron chi connectivity index (χ3n) is 5.76. The van der Waals surface area contributed by atoms with Gasteiger partial charge in [-0.05, 0) is 25.0 Å². The van der Waals surface area contributed by atoms with E-state index in [2.05, 4.69) is 4.90 Å². The molecule has 0 spiro atoms. The lowest BCUT2D eigenvalue weighted by atomic mass is 9.93. The first-order chi connectivity index (χ1) is 13.9. The lowest BCUT2D eigenvalue weighted by Gasteiger charge is -2.37. The Morgan fingerprint density at radius 2 is 1.97 bits per heavy atom. The first-order valence-electron chi connectivity index (χ1n) is 10.2. The number of carbonyl (C=O) groups excluding carboxylic acids is 1. The monoisotopic (exact) mass is 412 g/mol. The van der Waals surface area contributed by atoms with E-state index in [1.807, 2.05) is 0 Å². The van der Waals surface area contributed by atoms with Crippen molar-refractivity contribution in [3.05, 3.63) is 29.8 Å². The fourth-order valence-corrected chi connectivity index (χ4v) is 4.27. The molecule has 2 aliphatic rings. The van der Waals surface area contributed by atoms with Crippen LogP contribution in [0.2, 0.25) is 0 Å². The summed E-state index contributed by atoms with van der Waals surface area (Å²) in [4.78, 5) is 16.2. The Labute approximate surface area is 170 Å². The Bertz CT molecular complexity index is 699. The predicted octanol–water partition coefficient (Wildman–Crippen LogP) is 2.20. The number of amides is 1. The third kappa shape index (κ3) is 5.65. The smallest absolute Gasteiger partial charge is 0.248 e. The van der Waals surface area contributed by atoms with Crippen molar-refractivity contribution < 1.29 is 28.2 Å². The van der Waals surface area contributed by atoms with Crippen molar-refractivity contribution >= 4 is 5.91 Å². The molecule has 1 saturated carbocycles. The molecule has 1 atom stereocenters. The van der Waals surface area contributed by atoms with E-state index in [9.17, 15) is 18.7 Å². The maximum Gasteiger partial charge on any atom is 0.248 e. The van der Waals surface area contributed by atoms with E-state index < -0.39 is 17.2 Å². The van der Waals surface area contributed by atoms with Crippen molar-refractivity contribution in [2.45, 2.75) is 43.7 Å². The van der Waals surface area contributed by atoms with Crippen LogP contribution in [0.4, 0.5) is 8.78 Å². The van der Waals surface area contributed by atoms with Gasteiger partial charge >= 0.3 is 0 Å². The highest BCUT2D eigenvalue weighted by atomic mass is 19.2. The van der Waals surface area contributed by atoms with Gasteiger partial charge in [-0.25, -0.2) is 4.39 Å². The van der Waals surface area contributed by atoms with Crippen molar-refractivity contribution in [1.29, 1.82) is 0 Å². The van der Waals surface area contributed by atoms with E-state index in [0.29, 0.717) is 25.7 Å². The van der Waals surface area contributed by atoms with E-state index >= 15 is 0 Å². The Hall–Kier alpha value is -1.77. The molecular formula is C21H30F2N2O4. The highest BCUT2D eigenvalue weighted by Crippen LogP contribution is 2.27. The number of hydrogen-bond acceptors (Lipinski definition) is 5. The van der Waals surface area contributed by atoms with Crippen LogP contribution in [0.3, 0.4) is 0 Å². The fourth-order valence-electron chi connectivity index (χ4n) is 4.27. The van der Waals surface area contributed by atoms with Crippen LogP contribution in [0.5, 0.6) is 5.75 Å². The molecule has 0 bridgehead atoms. The number of hydrogen-bond donors (Lipinski definition) is 1. The van der Waals surface area contributed by atoms with Gasteiger partial charge < -0.3 is 19.5 Å². The lowest BCUT2D eigenvalue weighted by molar-refractivity contribution is -0.138. The van der Waals surface area contributed by atoms with Gasteiger partial charge in [0.15, 0.2) is 11.6 Å². The second-order valence-corrected chi connectivity index (χ2v) is 8.08. The lowest BCUT2D eigenvalue weighted by Crippen LogP contribution is -2.54. The number of halogens is 2. The largest absolute Gasteiger partial charge is 0.487 e. The molecule has 162 valence electrons. The molecule has 0 aromatic heterocycles. The van der Waals surface area contributed by atoms with E-state index in [1.54, 1.807) is 4.90 Å². The summed E-state index contributed by atoms with van der Waals surface area (Å²) in [7, 11) is 1.45. The molecule has 0 unspecified atom stereocenters. The van der Waals surface area contributed by atoms with E-state index in [0.717, 1.165) is 31.7 Å². The molecule has 1 aromatic carbocycles. The molecule has 1 saturated heterocycles. The van der Waals surface area contributed by atoms with Crippen LogP contribution >= 0.6 is 0 Å². The minimum atomic E-state index is -1.41. The quantitative estimate of drug-likeness (QED) is 0.776. The molecule has 1 amide bonds. The standard InChI is InChI=1S/C21H30F2N2O4/c1-28-12-19(26)25-11-10-24(16-6-3-2-4-7-16)13-21(27,14-25)15-29-18-9-5-8-17(22)20(18)23/h5,8-9,16,27H,2-4,6-7,10-15H2,1H3/t21-/m1/s1. The number of benzene rings is 1. The maximum absolute atomic E-state index is 14.0. The van der Waals surface area contributed by atoms with Gasteiger partial charge in [0, 0.05) is 32.8 Å². The highest BCUT2D eigenvalue weighted by molar-refractivity contribution is 5.77. The molecule has 1 N–H and O–H groups in total. The molecular weight excluding hydrogens is 382 g/mol. The van der Waals surface area contributed by atoms with Crippen LogP contribution in [-0.2, 0) is 9.53 Å². The van der Waals surface area contributed by atoms with Gasteiger partial charge in [-0.1, -0.05) is 25.3 Å². The van der Waals surface area contributed by atoms with Crippen LogP contribution in [-0.4, -0.2) is 79.0 Å². The third-order valence-corrected chi connectivity index (χ3v) is 5.76. The van der Waals surface area contributed by atoms with Crippen molar-refractivity contribution in [1.82, 2.24) is 9.80 Å². The molecule has 6 nitrogen and oxygen atoms in total. The molecule has 1 aliphatic heterocycles. The Kier molecular flexibility index (Phi) is 7.43. The summed E-state index contributed by atoms with van der Waals surface area (Å²) >= 11 is 0. The molecule has 3 rings (SSSR count). The first-order valence-corrected chi connectivity index (χ1v) is 10.2. The maximum atomic E-state index is 14.0. The molecule has 1 aromatic rings. The number of β-amino-alcohol motifs (C(OH)–C–C–N with tert-alkyl or cyclic N) is 1. The zero-order valence-electron chi connectivity index (χ0n) is 16.9. The average Bonchev–Trinajstić information content (AvgIpc) is 2.90. The van der Waals surface area contributed by atoms with E-state index in [4.69, 9.17) is 9.47 Å². The fraction of sp³-hybridized carbons (Fsp3) is 0.667. The van der Waals surface area contributed by atoms with Gasteiger partial charge in [0.1, 0.15) is 18.8 Å². The summed E-state index contributed by atoms with van der Waals surface area (Å²) in [5.74, 6) is -2.55. The number of carbonyl (C=O) groups is 1. The summed E-state index contributed by atoms with van der Waals surface area (Å²) in [5, 5.41) is 11.3. The van der Waals surface area contributed by atoms with Crippen LogP contribution < -0.4 is 4.74 Å². The number of ether oxygens (including phenoxy) is 2. The van der Waals surface area contributed by atoms with Crippen LogP contribution in [0.15, 0.2) is 18.2 Å². The van der Waals surface area contributed by atoms with Crippen LogP contribution in [0.1, 0.15) is 32.1 Å². The number of nitrogens with zero attached hydrogens (tertiary/aromatic N) is 2. The van der Waals surface area contributed by atoms with E-state index in [-0.39, 0.29) is 31.4 Å². The van der Waals surface area contributed by atoms with Gasteiger partial charge in [0.2, 0.25) is 11.7 Å². The van der Waals surface area contributed by atoms with Crippen molar-refractivity contribution in [3.8, 4) is 5.75 Å². The molecule has 8 heteroatoms. The van der Waals surface area contributed by atoms with Gasteiger partial charge in [-0.15, -0.1) is 0 Å². The van der Waals surface area contributed by atoms with Gasteiger partial charge in [0.05, 0.1) is 6.54 Å². The van der Waals surface area contributed by atoms with Gasteiger partial charge in [-0.2, -0.15) is 4.39 Å². The molecule has 1 aliphatic carbocycles. The van der Waals surface area contributed by atoms with Crippen LogP contribution in [0.25, 0.3) is 0 Å². The summed E-state index contributed by atoms with van der Waals surface area (Å²) < 4.78 is 37.9. The normalized spacial score (nSPS) is 24.3. The second-order valence-electron chi connectivity index (χ2n) is 8.08. The Morgan fingerprint density at radius 3 is 2.69 bits per heavy atom. The topological polar surface area (TPSA) is 62.2 Å². The van der Waals surface area contributed by atoms with Crippen LogP contribution in [0, 0.1) is 11.6 Å². The van der Waals surface area contributed by atoms with E-state index in [1.165, 1.54) is 25.7 Å². The molecule has 0 radical (unpaired) electrons. The average molecular weight is 412 g/mol. The Morgan fingerprint density at radius 1 is 1.21 bits per heavy atom. The highest BCUT2D eigenvalue weighted by Gasteiger charge is 2.39. The Balaban J connectivity index is 1.76. The first kappa shape index (κ1) is 21.9. The molecule has 2 fully saturated rings. The SMILES string of the molecule is COCC(=O)N1CCN(C2CCCCC2)C[C@](O)(COc2cccc(F)c2F)C1. The number of methoxy groups -OCH3 is 1. The van der Waals surface area contributed by atoms with Gasteiger partial charge in [0.25, 0.3) is 0 Å². The predicted molar refractivity (Wildman–Crippen MR) is 104 cm³/mol. The number of aliphatic hydroxyl groups is 1. The molecule has 1 heterocycles. The summed E-state index contributed by atoms with van der Waals surface area (Å²) in [6, 6.07) is 4.04. The summed E-state index contributed by atoms with van der Waals surface area (Å²) in [5.41, 5.74) is -1.41. The zero-order chi connectivity index (χ0) is 20.9. The summed E-state index contributed by atoms with van der Waals surface area (Å²) in [6.07, 6.45) is 5.63. The minimum Gasteiger partial charge on any atom is -0.487 e. The second kappa shape index (κ2) is 9.82. The van der Waals surface area contributed by atoms with Gasteiger partial charge in [-0.3, -0.25) is 9.69 Å². The zero-order valence-corrected chi connectivity index (χ0v) is 16.9. The van der Waals surface area contributed by atoms with Crippen molar-refractivity contribution in [2.24, 2.45) is 0 Å².